The van der Waals surface area contributed by atoms with Crippen molar-refractivity contribution < 1.29 is 4.79 Å². The lowest BCUT2D eigenvalue weighted by molar-refractivity contribution is -0.125. The van der Waals surface area contributed by atoms with Crippen LogP contribution in [0.15, 0.2) is 53.0 Å². The third kappa shape index (κ3) is 4.12. The average Bonchev–Trinajstić information content (AvgIpc) is 3.04. The van der Waals surface area contributed by atoms with Gasteiger partial charge in [-0.3, -0.25) is 10.2 Å². The van der Waals surface area contributed by atoms with E-state index in [1.54, 1.807) is 0 Å². The van der Waals surface area contributed by atoms with Crippen LogP contribution in [0.4, 0.5) is 0 Å². The van der Waals surface area contributed by atoms with Crippen LogP contribution in [0.5, 0.6) is 0 Å². The summed E-state index contributed by atoms with van der Waals surface area (Å²) >= 11 is 9.34. The van der Waals surface area contributed by atoms with E-state index in [1.165, 1.54) is 0 Å². The number of hydrazine groups is 1. The SMILES string of the molecule is O=C(NCc1ccc(Cl)cc1)C1CNNC1c1cccc(Br)c1. The van der Waals surface area contributed by atoms with E-state index < -0.39 is 0 Å². The number of rotatable bonds is 4. The highest BCUT2D eigenvalue weighted by molar-refractivity contribution is 9.10. The smallest absolute Gasteiger partial charge is 0.226 e. The van der Waals surface area contributed by atoms with Crippen LogP contribution < -0.4 is 16.2 Å². The van der Waals surface area contributed by atoms with Crippen molar-refractivity contribution in [2.75, 3.05) is 6.54 Å². The largest absolute Gasteiger partial charge is 0.352 e. The summed E-state index contributed by atoms with van der Waals surface area (Å²) in [6.45, 7) is 1.10. The fourth-order valence-corrected chi connectivity index (χ4v) is 3.22. The summed E-state index contributed by atoms with van der Waals surface area (Å²) in [6.07, 6.45) is 0. The molecule has 0 saturated carbocycles. The number of hydrogen-bond donors (Lipinski definition) is 3. The first-order valence-corrected chi connectivity index (χ1v) is 8.56. The van der Waals surface area contributed by atoms with Gasteiger partial charge in [0.1, 0.15) is 0 Å². The van der Waals surface area contributed by atoms with Crippen LogP contribution in [0.1, 0.15) is 17.2 Å². The van der Waals surface area contributed by atoms with Crippen molar-refractivity contribution >= 4 is 33.4 Å². The van der Waals surface area contributed by atoms with Crippen LogP contribution in [-0.2, 0) is 11.3 Å². The molecule has 2 unspecified atom stereocenters. The lowest BCUT2D eigenvalue weighted by Crippen LogP contribution is -2.34. The van der Waals surface area contributed by atoms with E-state index in [9.17, 15) is 4.79 Å². The van der Waals surface area contributed by atoms with Gasteiger partial charge >= 0.3 is 0 Å². The van der Waals surface area contributed by atoms with E-state index >= 15 is 0 Å². The van der Waals surface area contributed by atoms with Gasteiger partial charge in [0.2, 0.25) is 5.91 Å². The summed E-state index contributed by atoms with van der Waals surface area (Å²) in [5.74, 6) is -0.126. The first kappa shape index (κ1) is 16.5. The molecule has 1 amide bonds. The summed E-state index contributed by atoms with van der Waals surface area (Å²) in [5, 5.41) is 3.69. The fraction of sp³-hybridized carbons (Fsp3) is 0.235. The molecule has 1 aliphatic heterocycles. The first-order valence-electron chi connectivity index (χ1n) is 7.39. The van der Waals surface area contributed by atoms with E-state index in [2.05, 4.69) is 32.1 Å². The molecular formula is C17H17BrClN3O. The Bertz CT molecular complexity index is 692. The lowest BCUT2D eigenvalue weighted by Gasteiger charge is -2.18. The highest BCUT2D eigenvalue weighted by Crippen LogP contribution is 2.27. The molecule has 0 bridgehead atoms. The van der Waals surface area contributed by atoms with Gasteiger partial charge in [0, 0.05) is 22.6 Å². The Morgan fingerprint density at radius 1 is 1.26 bits per heavy atom. The quantitative estimate of drug-likeness (QED) is 0.746. The molecule has 2 atom stereocenters. The number of halogens is 2. The maximum Gasteiger partial charge on any atom is 0.226 e. The fourth-order valence-electron chi connectivity index (χ4n) is 2.68. The lowest BCUT2D eigenvalue weighted by atomic mass is 9.94. The zero-order valence-corrected chi connectivity index (χ0v) is 14.7. The normalized spacial score (nSPS) is 20.4. The second kappa shape index (κ2) is 7.45. The number of carbonyl (C=O) groups excluding carboxylic acids is 1. The highest BCUT2D eigenvalue weighted by atomic mass is 79.9. The Kier molecular flexibility index (Phi) is 5.33. The van der Waals surface area contributed by atoms with Crippen LogP contribution in [0.2, 0.25) is 5.02 Å². The molecule has 1 saturated heterocycles. The van der Waals surface area contributed by atoms with Gasteiger partial charge in [0.15, 0.2) is 0 Å². The predicted octanol–water partition coefficient (Wildman–Crippen LogP) is 3.18. The molecule has 23 heavy (non-hydrogen) atoms. The monoisotopic (exact) mass is 393 g/mol. The molecule has 1 aliphatic rings. The van der Waals surface area contributed by atoms with E-state index in [-0.39, 0.29) is 17.9 Å². The van der Waals surface area contributed by atoms with Crippen LogP contribution in [0, 0.1) is 5.92 Å². The maximum absolute atomic E-state index is 12.5. The van der Waals surface area contributed by atoms with Gasteiger partial charge in [-0.25, -0.2) is 5.43 Å². The zero-order chi connectivity index (χ0) is 16.2. The molecule has 3 N–H and O–H groups in total. The van der Waals surface area contributed by atoms with Crippen molar-refractivity contribution in [2.45, 2.75) is 12.6 Å². The molecule has 2 aromatic rings. The molecule has 1 heterocycles. The molecule has 0 aromatic heterocycles. The molecule has 0 aliphatic carbocycles. The van der Waals surface area contributed by atoms with Crippen molar-refractivity contribution in [2.24, 2.45) is 5.92 Å². The van der Waals surface area contributed by atoms with Crippen molar-refractivity contribution in [1.29, 1.82) is 0 Å². The summed E-state index contributed by atoms with van der Waals surface area (Å²) in [6, 6.07) is 15.4. The number of benzene rings is 2. The summed E-state index contributed by atoms with van der Waals surface area (Å²) in [7, 11) is 0. The summed E-state index contributed by atoms with van der Waals surface area (Å²) in [5.41, 5.74) is 8.38. The van der Waals surface area contributed by atoms with Gasteiger partial charge < -0.3 is 5.32 Å². The van der Waals surface area contributed by atoms with Gasteiger partial charge in [-0.15, -0.1) is 0 Å². The minimum Gasteiger partial charge on any atom is -0.352 e. The second-order valence-electron chi connectivity index (χ2n) is 5.51. The molecule has 6 heteroatoms. The van der Waals surface area contributed by atoms with Crippen molar-refractivity contribution in [3.63, 3.8) is 0 Å². The number of carbonyl (C=O) groups is 1. The van der Waals surface area contributed by atoms with Gasteiger partial charge in [-0.2, -0.15) is 0 Å². The Morgan fingerprint density at radius 2 is 2.04 bits per heavy atom. The van der Waals surface area contributed by atoms with Crippen LogP contribution >= 0.6 is 27.5 Å². The molecule has 120 valence electrons. The molecular weight excluding hydrogens is 378 g/mol. The van der Waals surface area contributed by atoms with Gasteiger partial charge in [-0.1, -0.05) is 51.8 Å². The van der Waals surface area contributed by atoms with Crippen molar-refractivity contribution in [3.8, 4) is 0 Å². The van der Waals surface area contributed by atoms with Gasteiger partial charge in [0.05, 0.1) is 12.0 Å². The van der Waals surface area contributed by atoms with E-state index in [1.807, 2.05) is 48.5 Å². The van der Waals surface area contributed by atoms with Crippen LogP contribution in [0.25, 0.3) is 0 Å². The molecule has 1 fully saturated rings. The van der Waals surface area contributed by atoms with Gasteiger partial charge in [0.25, 0.3) is 0 Å². The van der Waals surface area contributed by atoms with Crippen molar-refractivity contribution in [3.05, 3.63) is 69.2 Å². The number of hydrogen-bond acceptors (Lipinski definition) is 3. The first-order chi connectivity index (χ1) is 11.1. The predicted molar refractivity (Wildman–Crippen MR) is 94.8 cm³/mol. The summed E-state index contributed by atoms with van der Waals surface area (Å²) in [4.78, 5) is 12.5. The van der Waals surface area contributed by atoms with E-state index in [0.29, 0.717) is 18.1 Å². The Morgan fingerprint density at radius 3 is 2.78 bits per heavy atom. The minimum atomic E-state index is -0.156. The molecule has 3 rings (SSSR count). The third-order valence-electron chi connectivity index (χ3n) is 3.91. The molecule has 0 spiro atoms. The Balaban J connectivity index is 1.65. The second-order valence-corrected chi connectivity index (χ2v) is 6.86. The van der Waals surface area contributed by atoms with Crippen LogP contribution in [0.3, 0.4) is 0 Å². The van der Waals surface area contributed by atoms with E-state index in [0.717, 1.165) is 15.6 Å². The Hall–Kier alpha value is -1.40. The maximum atomic E-state index is 12.5. The minimum absolute atomic E-state index is 0.0300. The topological polar surface area (TPSA) is 53.2 Å². The molecule has 0 radical (unpaired) electrons. The van der Waals surface area contributed by atoms with E-state index in [4.69, 9.17) is 11.6 Å². The molecule has 2 aromatic carbocycles. The number of amides is 1. The Labute approximate surface area is 148 Å². The van der Waals surface area contributed by atoms with Crippen LogP contribution in [-0.4, -0.2) is 12.5 Å². The highest BCUT2D eigenvalue weighted by Gasteiger charge is 2.33. The average molecular weight is 395 g/mol. The van der Waals surface area contributed by atoms with Gasteiger partial charge in [-0.05, 0) is 35.4 Å². The standard InChI is InChI=1S/C17H17BrClN3O/c18-13-3-1-2-12(8-13)16-15(10-21-22-16)17(23)20-9-11-4-6-14(19)7-5-11/h1-8,15-16,21-22H,9-10H2,(H,20,23). The summed E-state index contributed by atoms with van der Waals surface area (Å²) < 4.78 is 1.00. The number of nitrogens with one attached hydrogen (secondary N) is 3. The van der Waals surface area contributed by atoms with Crippen molar-refractivity contribution in [1.82, 2.24) is 16.2 Å². The molecule has 4 nitrogen and oxygen atoms in total. The zero-order valence-electron chi connectivity index (χ0n) is 12.4. The third-order valence-corrected chi connectivity index (χ3v) is 4.65.